The maximum Gasteiger partial charge on any atom is 0.255 e. The topological polar surface area (TPSA) is 193 Å². The Hall–Kier alpha value is -10.8. The lowest BCUT2D eigenvalue weighted by molar-refractivity contribution is 0.0342. The number of aromatic nitrogens is 4. The summed E-state index contributed by atoms with van der Waals surface area (Å²) in [5.41, 5.74) is 16.3. The third-order valence-corrected chi connectivity index (χ3v) is 20.7. The molecule has 22 heteroatoms. The van der Waals surface area contributed by atoms with Crippen LogP contribution in [0.2, 0.25) is 20.1 Å². The van der Waals surface area contributed by atoms with E-state index in [-0.39, 0.29) is 23.6 Å². The Kier molecular flexibility index (Phi) is 30.3. The minimum absolute atomic E-state index is 0.135. The molecule has 0 spiro atoms. The summed E-state index contributed by atoms with van der Waals surface area (Å²) in [5, 5.41) is 14.2. The number of nitrogens with one attached hydrogen (secondary N) is 4. The standard InChI is InChI=1S/C24H25ClN4O.C24H24ClN3O.C23H22ClN3O2.C21H20ClN3O/c1-28-12-14-29(15-13-28)17-18-5-7-19(8-6-18)24(30)27-20-9-10-22(25)21(16-20)23-4-2-3-11-26-23;25-22-12-11-20(16-21(22)23-6-2-3-13-26-23)27-24(29)19-9-7-18(8-10-19)17-28-14-4-1-5-15-28;24-21-9-8-19(15-20(21)22-3-1-2-10-25-22)26-23(28)18-6-4-17(5-7-18)16-27-11-13-29-14-12-27;1-25(2)14-15-6-8-16(9-7-15)21(26)24-17-10-11-19(22)18(13-17)20-5-3-4-12-23-20/h2-11,16H,12-15,17H2,1H3,(H,27,30);2-3,6-13,16H,1,4-5,14-15,17H2,(H,27,29);1-10,15H,11-14,16H2,(H,26,28);3-13H,14H2,1-2H3,(H,24,26). The molecule has 3 fully saturated rings. The summed E-state index contributed by atoms with van der Waals surface area (Å²) in [6.45, 7) is 13.7. The Morgan fingerprint density at radius 2 is 0.623 bits per heavy atom. The first-order valence-corrected chi connectivity index (χ1v) is 39.5. The van der Waals surface area contributed by atoms with Crippen LogP contribution in [0.4, 0.5) is 22.7 Å². The highest BCUT2D eigenvalue weighted by Crippen LogP contribution is 2.34. The highest BCUT2D eigenvalue weighted by molar-refractivity contribution is 6.34. The summed E-state index contributed by atoms with van der Waals surface area (Å²) in [4.78, 5) is 79.6. The highest BCUT2D eigenvalue weighted by atomic mass is 35.5. The van der Waals surface area contributed by atoms with E-state index in [4.69, 9.17) is 51.1 Å². The second-order valence-corrected chi connectivity index (χ2v) is 29.9. The number of likely N-dealkylation sites (tertiary alicyclic amines) is 1. The molecule has 18 nitrogen and oxygen atoms in total. The van der Waals surface area contributed by atoms with Gasteiger partial charge in [-0.15, -0.1) is 0 Å². The predicted octanol–water partition coefficient (Wildman–Crippen LogP) is 19.2. The zero-order valence-corrected chi connectivity index (χ0v) is 67.0. The number of carbonyl (C=O) groups excluding carboxylic acids is 4. The average molecular weight is 1600 g/mol. The lowest BCUT2D eigenvalue weighted by Gasteiger charge is -2.32. The van der Waals surface area contributed by atoms with Gasteiger partial charge in [0.15, 0.2) is 0 Å². The smallest absolute Gasteiger partial charge is 0.255 e. The second kappa shape index (κ2) is 41.8. The van der Waals surface area contributed by atoms with Crippen LogP contribution in [0.15, 0.2) is 267 Å². The van der Waals surface area contributed by atoms with Crippen molar-refractivity contribution in [3.05, 3.63) is 332 Å². The van der Waals surface area contributed by atoms with E-state index in [1.54, 1.807) is 73.3 Å². The third-order valence-electron chi connectivity index (χ3n) is 19.4. The Labute approximate surface area is 687 Å². The second-order valence-electron chi connectivity index (χ2n) is 28.3. The van der Waals surface area contributed by atoms with Crippen molar-refractivity contribution in [3.8, 4) is 45.0 Å². The number of rotatable bonds is 20. The van der Waals surface area contributed by atoms with E-state index in [0.717, 1.165) is 142 Å². The predicted molar refractivity (Wildman–Crippen MR) is 462 cm³/mol. The van der Waals surface area contributed by atoms with Crippen LogP contribution in [0.5, 0.6) is 0 Å². The maximum atomic E-state index is 12.7. The van der Waals surface area contributed by atoms with Crippen LogP contribution in [0.25, 0.3) is 45.0 Å². The normalized spacial score (nSPS) is 13.8. The van der Waals surface area contributed by atoms with Crippen molar-refractivity contribution in [1.82, 2.24) is 44.4 Å². The molecule has 3 aliphatic rings. The van der Waals surface area contributed by atoms with Crippen molar-refractivity contribution in [3.63, 3.8) is 0 Å². The Balaban J connectivity index is 0.000000141. The molecule has 0 unspecified atom stereocenters. The minimum Gasteiger partial charge on any atom is -0.379 e. The number of carbonyl (C=O) groups is 4. The molecule has 8 aromatic carbocycles. The molecule has 7 heterocycles. The molecule has 0 aliphatic carbocycles. The largest absolute Gasteiger partial charge is 0.379 e. The van der Waals surface area contributed by atoms with E-state index in [1.165, 1.54) is 36.0 Å². The van der Waals surface area contributed by atoms with Crippen molar-refractivity contribution in [2.45, 2.75) is 45.4 Å². The minimum atomic E-state index is -0.157. The molecule has 582 valence electrons. The van der Waals surface area contributed by atoms with Gasteiger partial charge in [0.1, 0.15) is 0 Å². The van der Waals surface area contributed by atoms with E-state index < -0.39 is 0 Å². The molecule has 4 N–H and O–H groups in total. The number of ether oxygens (including phenoxy) is 1. The molecule has 15 rings (SSSR count). The number of benzene rings is 8. The quantitative estimate of drug-likeness (QED) is 0.0563. The number of pyridine rings is 4. The van der Waals surface area contributed by atoms with Crippen molar-refractivity contribution < 1.29 is 23.9 Å². The summed E-state index contributed by atoms with van der Waals surface area (Å²) in [6, 6.07) is 75.3. The number of amides is 4. The van der Waals surface area contributed by atoms with Gasteiger partial charge < -0.3 is 35.8 Å². The summed E-state index contributed by atoms with van der Waals surface area (Å²) in [6.07, 6.45) is 10.8. The van der Waals surface area contributed by atoms with Gasteiger partial charge >= 0.3 is 0 Å². The Morgan fingerprint density at radius 1 is 0.342 bits per heavy atom. The Morgan fingerprint density at radius 3 is 0.904 bits per heavy atom. The fourth-order valence-electron chi connectivity index (χ4n) is 13.2. The van der Waals surface area contributed by atoms with Gasteiger partial charge in [-0.05, 0) is 239 Å². The SMILES string of the molecule is CN(C)Cc1ccc(C(=O)Nc2ccc(Cl)c(-c3ccccn3)c2)cc1.CN1CCN(Cc2ccc(C(=O)Nc3ccc(Cl)c(-c4ccccn4)c3)cc2)CC1.O=C(Nc1ccc(Cl)c(-c2ccccn2)c1)c1ccc(CN2CCCCC2)cc1.O=C(Nc1ccc(Cl)c(-c2ccccn2)c1)c1ccc(CN2CCOCC2)cc1. The first-order valence-electron chi connectivity index (χ1n) is 38.0. The fraction of sp³-hybridized carbons (Fsp3) is 0.217. The van der Waals surface area contributed by atoms with Crippen molar-refractivity contribution in [1.29, 1.82) is 0 Å². The van der Waals surface area contributed by atoms with Gasteiger partial charge in [0.25, 0.3) is 23.6 Å². The third kappa shape index (κ3) is 24.6. The molecule has 12 aromatic rings. The van der Waals surface area contributed by atoms with Gasteiger partial charge in [-0.2, -0.15) is 0 Å². The van der Waals surface area contributed by atoms with Crippen molar-refractivity contribution >= 4 is 92.8 Å². The van der Waals surface area contributed by atoms with E-state index >= 15 is 0 Å². The molecule has 0 saturated carbocycles. The molecule has 0 bridgehead atoms. The summed E-state index contributed by atoms with van der Waals surface area (Å²) >= 11 is 25.3. The van der Waals surface area contributed by atoms with Crippen LogP contribution in [-0.4, -0.2) is 155 Å². The molecule has 0 atom stereocenters. The van der Waals surface area contributed by atoms with E-state index in [9.17, 15) is 19.2 Å². The molecule has 4 aromatic heterocycles. The lowest BCUT2D eigenvalue weighted by atomic mass is 10.1. The van der Waals surface area contributed by atoms with Crippen LogP contribution in [-0.2, 0) is 30.9 Å². The number of morpholine rings is 1. The number of hydrogen-bond donors (Lipinski definition) is 4. The van der Waals surface area contributed by atoms with Gasteiger partial charge in [0.2, 0.25) is 0 Å². The summed E-state index contributed by atoms with van der Waals surface area (Å²) in [7, 11) is 6.19. The number of piperazine rings is 1. The first-order chi connectivity index (χ1) is 55.5. The number of piperidine rings is 1. The number of halogens is 4. The van der Waals surface area contributed by atoms with Gasteiger partial charge in [0, 0.05) is 157 Å². The Bertz CT molecular complexity index is 4960. The number of anilines is 4. The molecule has 114 heavy (non-hydrogen) atoms. The van der Waals surface area contributed by atoms with Gasteiger partial charge in [-0.25, -0.2) is 0 Å². The fourth-order valence-corrected chi connectivity index (χ4v) is 14.0. The molecule has 3 saturated heterocycles. The number of likely N-dealkylation sites (N-methyl/N-ethyl adjacent to an activating group) is 1. The first kappa shape index (κ1) is 82.6. The molecule has 3 aliphatic heterocycles. The molecular formula is C92H91Cl4N13O5. The zero-order chi connectivity index (χ0) is 79.6. The molecule has 4 amide bonds. The van der Waals surface area contributed by atoms with Gasteiger partial charge in [-0.3, -0.25) is 53.8 Å². The summed E-state index contributed by atoms with van der Waals surface area (Å²) in [5.74, 6) is -0.591. The van der Waals surface area contributed by atoms with Crippen LogP contribution < -0.4 is 21.3 Å². The number of hydrogen-bond acceptors (Lipinski definition) is 14. The monoisotopic (exact) mass is 1600 g/mol. The zero-order valence-electron chi connectivity index (χ0n) is 64.0. The maximum absolute atomic E-state index is 12.7. The highest BCUT2D eigenvalue weighted by Gasteiger charge is 2.20. The molecule has 0 radical (unpaired) electrons. The van der Waals surface area contributed by atoms with Crippen LogP contribution >= 0.6 is 46.4 Å². The summed E-state index contributed by atoms with van der Waals surface area (Å²) < 4.78 is 5.38. The lowest BCUT2D eigenvalue weighted by Crippen LogP contribution is -2.43. The van der Waals surface area contributed by atoms with E-state index in [1.807, 2.05) is 208 Å². The van der Waals surface area contributed by atoms with Crippen molar-refractivity contribution in [2.24, 2.45) is 0 Å². The van der Waals surface area contributed by atoms with Crippen LogP contribution in [0.1, 0.15) is 82.9 Å². The average Bonchev–Trinajstić information content (AvgIpc) is 0.828. The van der Waals surface area contributed by atoms with Crippen molar-refractivity contribution in [2.75, 3.05) is 108 Å². The van der Waals surface area contributed by atoms with Gasteiger partial charge in [0.05, 0.1) is 56.1 Å². The van der Waals surface area contributed by atoms with Gasteiger partial charge in [-0.1, -0.05) is 126 Å². The van der Waals surface area contributed by atoms with E-state index in [2.05, 4.69) is 72.8 Å². The number of nitrogens with zero attached hydrogens (tertiary/aromatic N) is 9. The van der Waals surface area contributed by atoms with E-state index in [0.29, 0.717) is 65.1 Å². The van der Waals surface area contributed by atoms with Crippen LogP contribution in [0.3, 0.4) is 0 Å². The van der Waals surface area contributed by atoms with Crippen LogP contribution in [0, 0.1) is 0 Å². The molecular weight excluding hydrogens is 1510 g/mol.